The van der Waals surface area contributed by atoms with Crippen LogP contribution < -0.4 is 11.2 Å². The van der Waals surface area contributed by atoms with E-state index in [1.165, 1.54) is 6.08 Å². The fraction of sp³-hybridized carbons (Fsp3) is 0.571. The number of aliphatic hydroxyl groups is 2. The number of H-pyrrole nitrogens is 1. The Kier molecular flexibility index (Phi) is 4.64. The molecule has 0 aliphatic carbocycles. The molecule has 0 radical (unpaired) electrons. The van der Waals surface area contributed by atoms with E-state index in [4.69, 9.17) is 4.74 Å². The first-order chi connectivity index (χ1) is 10.3. The Labute approximate surface area is 125 Å². The van der Waals surface area contributed by atoms with Crippen molar-refractivity contribution in [1.29, 1.82) is 0 Å². The van der Waals surface area contributed by atoms with Gasteiger partial charge in [-0.1, -0.05) is 26.0 Å². The third kappa shape index (κ3) is 2.90. The first kappa shape index (κ1) is 16.6. The molecule has 4 atom stereocenters. The van der Waals surface area contributed by atoms with Gasteiger partial charge in [0.2, 0.25) is 0 Å². The first-order valence-corrected chi connectivity index (χ1v) is 6.92. The molecular weight excluding hydrogens is 295 g/mol. The summed E-state index contributed by atoms with van der Waals surface area (Å²) in [5, 5.41) is 19.6. The SMILES string of the molecule is CC(C)/C=C/[C@]1(CO)O[C@@H](n2ccc(=O)[nH]c2=O)[C@H](F)[C@@H]1O. The largest absolute Gasteiger partial charge is 0.393 e. The lowest BCUT2D eigenvalue weighted by molar-refractivity contribution is -0.0986. The Hall–Kier alpha value is -1.77. The number of nitrogens with one attached hydrogen (secondary N) is 1. The summed E-state index contributed by atoms with van der Waals surface area (Å²) in [5.41, 5.74) is -3.11. The van der Waals surface area contributed by atoms with Gasteiger partial charge < -0.3 is 14.9 Å². The minimum atomic E-state index is -1.94. The van der Waals surface area contributed by atoms with Gasteiger partial charge in [0.25, 0.3) is 5.56 Å². The van der Waals surface area contributed by atoms with Crippen LogP contribution in [0, 0.1) is 5.92 Å². The maximum Gasteiger partial charge on any atom is 0.330 e. The number of aromatic nitrogens is 2. The molecule has 1 aromatic heterocycles. The van der Waals surface area contributed by atoms with Crippen LogP contribution in [0.4, 0.5) is 4.39 Å². The zero-order valence-electron chi connectivity index (χ0n) is 12.3. The number of allylic oxidation sites excluding steroid dienone is 1. The molecule has 3 N–H and O–H groups in total. The van der Waals surface area contributed by atoms with Gasteiger partial charge in [-0.25, -0.2) is 9.18 Å². The van der Waals surface area contributed by atoms with E-state index in [1.807, 2.05) is 18.8 Å². The molecule has 1 fully saturated rings. The minimum absolute atomic E-state index is 0.104. The van der Waals surface area contributed by atoms with E-state index in [2.05, 4.69) is 0 Å². The van der Waals surface area contributed by atoms with Gasteiger partial charge in [-0.15, -0.1) is 0 Å². The summed E-state index contributed by atoms with van der Waals surface area (Å²) < 4.78 is 20.7. The molecule has 0 amide bonds. The highest BCUT2D eigenvalue weighted by Crippen LogP contribution is 2.39. The lowest BCUT2D eigenvalue weighted by atomic mass is 9.95. The Morgan fingerprint density at radius 1 is 1.55 bits per heavy atom. The van der Waals surface area contributed by atoms with Crippen molar-refractivity contribution in [2.75, 3.05) is 6.61 Å². The highest BCUT2D eigenvalue weighted by Gasteiger charge is 2.54. The summed E-state index contributed by atoms with van der Waals surface area (Å²) in [4.78, 5) is 24.8. The van der Waals surface area contributed by atoms with Gasteiger partial charge in [0.15, 0.2) is 12.4 Å². The molecule has 0 bridgehead atoms. The molecular formula is C14H19FN2O5. The quantitative estimate of drug-likeness (QED) is 0.662. The van der Waals surface area contributed by atoms with E-state index < -0.39 is 42.0 Å². The van der Waals surface area contributed by atoms with Crippen LogP contribution in [-0.2, 0) is 4.74 Å². The topological polar surface area (TPSA) is 105 Å². The Bertz CT molecular complexity index is 668. The first-order valence-electron chi connectivity index (χ1n) is 6.92. The van der Waals surface area contributed by atoms with Crippen molar-refractivity contribution in [3.63, 3.8) is 0 Å². The number of hydrogen-bond acceptors (Lipinski definition) is 5. The molecule has 2 heterocycles. The van der Waals surface area contributed by atoms with E-state index in [9.17, 15) is 24.2 Å². The van der Waals surface area contributed by atoms with E-state index >= 15 is 0 Å². The monoisotopic (exact) mass is 314 g/mol. The Morgan fingerprint density at radius 3 is 2.77 bits per heavy atom. The second-order valence-corrected chi connectivity index (χ2v) is 5.63. The van der Waals surface area contributed by atoms with Crippen molar-refractivity contribution in [1.82, 2.24) is 9.55 Å². The number of alkyl halides is 1. The summed E-state index contributed by atoms with van der Waals surface area (Å²) >= 11 is 0. The van der Waals surface area contributed by atoms with Crippen molar-refractivity contribution in [2.24, 2.45) is 5.92 Å². The third-order valence-electron chi connectivity index (χ3n) is 3.55. The van der Waals surface area contributed by atoms with Crippen molar-refractivity contribution >= 4 is 0 Å². The summed E-state index contributed by atoms with van der Waals surface area (Å²) in [6.07, 6.45) is -0.854. The predicted octanol–water partition coefficient (Wildman–Crippen LogP) is -0.292. The standard InChI is InChI=1S/C14H19FN2O5/c1-8(2)3-5-14(7-18)11(20)10(15)12(22-14)17-6-4-9(19)16-13(17)21/h3-6,8,10-12,18,20H,7H2,1-2H3,(H,16,19,21)/b5-3+/t10-,11+,12-,14-/m1/s1. The fourth-order valence-corrected chi connectivity index (χ4v) is 2.30. The Balaban J connectivity index is 2.40. The molecule has 0 saturated carbocycles. The highest BCUT2D eigenvalue weighted by molar-refractivity contribution is 5.14. The van der Waals surface area contributed by atoms with Crippen LogP contribution in [0.15, 0.2) is 34.0 Å². The normalized spacial score (nSPS) is 32.2. The van der Waals surface area contributed by atoms with Gasteiger partial charge in [-0.3, -0.25) is 14.3 Å². The van der Waals surface area contributed by atoms with Crippen LogP contribution in [0.3, 0.4) is 0 Å². The minimum Gasteiger partial charge on any atom is -0.393 e. The molecule has 0 unspecified atom stereocenters. The zero-order chi connectivity index (χ0) is 16.5. The van der Waals surface area contributed by atoms with Gasteiger partial charge in [0.05, 0.1) is 6.61 Å². The molecule has 1 saturated heterocycles. The van der Waals surface area contributed by atoms with Gasteiger partial charge in [0.1, 0.15) is 11.7 Å². The summed E-state index contributed by atoms with van der Waals surface area (Å²) in [6.45, 7) is 3.10. The summed E-state index contributed by atoms with van der Waals surface area (Å²) in [6, 6.07) is 1.05. The molecule has 1 aliphatic rings. The zero-order valence-corrected chi connectivity index (χ0v) is 12.3. The maximum atomic E-state index is 14.4. The predicted molar refractivity (Wildman–Crippen MR) is 76.1 cm³/mol. The molecule has 8 heteroatoms. The Morgan fingerprint density at radius 2 is 2.23 bits per heavy atom. The van der Waals surface area contributed by atoms with Crippen LogP contribution in [0.2, 0.25) is 0 Å². The second kappa shape index (κ2) is 6.15. The molecule has 7 nitrogen and oxygen atoms in total. The maximum absolute atomic E-state index is 14.4. The van der Waals surface area contributed by atoms with Crippen molar-refractivity contribution in [2.45, 2.75) is 38.0 Å². The number of aromatic amines is 1. The molecule has 1 aliphatic heterocycles. The van der Waals surface area contributed by atoms with E-state index in [0.717, 1.165) is 16.8 Å². The smallest absolute Gasteiger partial charge is 0.330 e. The van der Waals surface area contributed by atoms with Crippen LogP contribution in [0.1, 0.15) is 20.1 Å². The van der Waals surface area contributed by atoms with E-state index in [-0.39, 0.29) is 5.92 Å². The van der Waals surface area contributed by atoms with E-state index in [0.29, 0.717) is 0 Å². The molecule has 0 aromatic carbocycles. The van der Waals surface area contributed by atoms with Crippen LogP contribution >= 0.6 is 0 Å². The average Bonchev–Trinajstić information content (AvgIpc) is 2.71. The second-order valence-electron chi connectivity index (χ2n) is 5.63. The van der Waals surface area contributed by atoms with Gasteiger partial charge in [0, 0.05) is 12.3 Å². The fourth-order valence-electron chi connectivity index (χ4n) is 2.30. The molecule has 122 valence electrons. The van der Waals surface area contributed by atoms with Gasteiger partial charge >= 0.3 is 5.69 Å². The average molecular weight is 314 g/mol. The molecule has 0 spiro atoms. The number of nitrogens with zero attached hydrogens (tertiary/aromatic N) is 1. The lowest BCUT2D eigenvalue weighted by Gasteiger charge is -2.26. The number of ether oxygens (including phenoxy) is 1. The number of hydrogen-bond donors (Lipinski definition) is 3. The number of aliphatic hydroxyl groups excluding tert-OH is 2. The summed E-state index contributed by atoms with van der Waals surface area (Å²) in [7, 11) is 0. The van der Waals surface area contributed by atoms with Crippen LogP contribution in [0.5, 0.6) is 0 Å². The number of halogens is 1. The van der Waals surface area contributed by atoms with Crippen molar-refractivity contribution in [3.8, 4) is 0 Å². The lowest BCUT2D eigenvalue weighted by Crippen LogP contribution is -2.43. The summed E-state index contributed by atoms with van der Waals surface area (Å²) in [5.74, 6) is 0.104. The molecule has 2 rings (SSSR count). The van der Waals surface area contributed by atoms with Crippen molar-refractivity contribution in [3.05, 3.63) is 45.3 Å². The van der Waals surface area contributed by atoms with E-state index in [1.54, 1.807) is 6.08 Å². The van der Waals surface area contributed by atoms with Gasteiger partial charge in [-0.05, 0) is 5.92 Å². The van der Waals surface area contributed by atoms with Crippen LogP contribution in [0.25, 0.3) is 0 Å². The molecule has 1 aromatic rings. The number of rotatable bonds is 4. The highest BCUT2D eigenvalue weighted by atomic mass is 19.1. The molecule has 22 heavy (non-hydrogen) atoms. The van der Waals surface area contributed by atoms with Crippen molar-refractivity contribution < 1.29 is 19.3 Å². The third-order valence-corrected chi connectivity index (χ3v) is 3.55. The van der Waals surface area contributed by atoms with Gasteiger partial charge in [-0.2, -0.15) is 0 Å². The van der Waals surface area contributed by atoms with Crippen LogP contribution in [-0.4, -0.2) is 44.2 Å².